The molecule has 142 valence electrons. The first kappa shape index (κ1) is 19.0. The highest BCUT2D eigenvalue weighted by atomic mass is 19.1. The molecule has 0 bridgehead atoms. The van der Waals surface area contributed by atoms with Gasteiger partial charge >= 0.3 is 0 Å². The third-order valence-corrected chi connectivity index (χ3v) is 4.64. The van der Waals surface area contributed by atoms with Gasteiger partial charge in [0.1, 0.15) is 5.82 Å². The molecular formula is C20H23FN4O2. The normalized spacial score (nSPS) is 14.8. The maximum atomic E-state index is 13.7. The lowest BCUT2D eigenvalue weighted by Crippen LogP contribution is -2.48. The van der Waals surface area contributed by atoms with Crippen molar-refractivity contribution in [3.05, 3.63) is 65.7 Å². The molecule has 0 spiro atoms. The Hall–Kier alpha value is -2.80. The van der Waals surface area contributed by atoms with Crippen molar-refractivity contribution >= 4 is 11.8 Å². The maximum absolute atomic E-state index is 13.7. The molecule has 0 saturated carbocycles. The summed E-state index contributed by atoms with van der Waals surface area (Å²) in [4.78, 5) is 32.1. The minimum atomic E-state index is -0.208. The predicted molar refractivity (Wildman–Crippen MR) is 99.4 cm³/mol. The second-order valence-corrected chi connectivity index (χ2v) is 6.49. The third-order valence-electron chi connectivity index (χ3n) is 4.64. The molecule has 1 saturated heterocycles. The van der Waals surface area contributed by atoms with E-state index >= 15 is 0 Å². The first-order chi connectivity index (χ1) is 13.1. The molecule has 3 rings (SSSR count). The molecular weight excluding hydrogens is 347 g/mol. The van der Waals surface area contributed by atoms with Gasteiger partial charge in [0.2, 0.25) is 5.91 Å². The van der Waals surface area contributed by atoms with E-state index in [1.54, 1.807) is 41.6 Å². The molecule has 2 aromatic rings. The summed E-state index contributed by atoms with van der Waals surface area (Å²) in [6.07, 6.45) is 3.38. The molecule has 1 aromatic heterocycles. The van der Waals surface area contributed by atoms with E-state index in [0.717, 1.165) is 0 Å². The Kier molecular flexibility index (Phi) is 6.49. The van der Waals surface area contributed by atoms with Gasteiger partial charge in [-0.1, -0.05) is 18.2 Å². The van der Waals surface area contributed by atoms with Crippen LogP contribution in [-0.2, 0) is 11.3 Å². The molecule has 0 aliphatic carbocycles. The Morgan fingerprint density at radius 3 is 2.44 bits per heavy atom. The average molecular weight is 370 g/mol. The smallest absolute Gasteiger partial charge is 0.251 e. The van der Waals surface area contributed by atoms with Crippen LogP contribution >= 0.6 is 0 Å². The molecule has 1 aliphatic rings. The van der Waals surface area contributed by atoms with Crippen LogP contribution in [0.25, 0.3) is 0 Å². The van der Waals surface area contributed by atoms with Crippen LogP contribution < -0.4 is 5.32 Å². The zero-order valence-electron chi connectivity index (χ0n) is 15.1. The van der Waals surface area contributed by atoms with Gasteiger partial charge in [-0.15, -0.1) is 0 Å². The fourth-order valence-corrected chi connectivity index (χ4v) is 3.07. The molecule has 2 amide bonds. The molecule has 0 radical (unpaired) electrons. The van der Waals surface area contributed by atoms with Crippen LogP contribution in [0.4, 0.5) is 4.39 Å². The van der Waals surface area contributed by atoms with Crippen LogP contribution in [0.2, 0.25) is 0 Å². The van der Waals surface area contributed by atoms with Gasteiger partial charge in [0, 0.05) is 69.2 Å². The summed E-state index contributed by atoms with van der Waals surface area (Å²) in [5.41, 5.74) is 1.20. The standard InChI is InChI=1S/C20H23FN4O2/c21-18-4-2-1-3-17(18)15-24-11-13-25(14-12-24)19(26)7-10-23-20(27)16-5-8-22-9-6-16/h1-6,8-9H,7,10-15H2,(H,23,27). The molecule has 0 atom stereocenters. The Labute approximate surface area is 158 Å². The fourth-order valence-electron chi connectivity index (χ4n) is 3.07. The topological polar surface area (TPSA) is 65.5 Å². The monoisotopic (exact) mass is 370 g/mol. The fraction of sp³-hybridized carbons (Fsp3) is 0.350. The number of amides is 2. The van der Waals surface area contributed by atoms with E-state index in [0.29, 0.717) is 50.4 Å². The molecule has 1 aliphatic heterocycles. The number of carbonyl (C=O) groups is 2. The van der Waals surface area contributed by atoms with Crippen molar-refractivity contribution in [2.24, 2.45) is 0 Å². The van der Waals surface area contributed by atoms with E-state index in [1.165, 1.54) is 6.07 Å². The molecule has 7 heteroatoms. The summed E-state index contributed by atoms with van der Waals surface area (Å²) in [5, 5.41) is 2.75. The van der Waals surface area contributed by atoms with Crippen LogP contribution in [0.3, 0.4) is 0 Å². The maximum Gasteiger partial charge on any atom is 0.251 e. The van der Waals surface area contributed by atoms with Gasteiger partial charge in [-0.05, 0) is 18.2 Å². The Morgan fingerprint density at radius 1 is 1.04 bits per heavy atom. The first-order valence-corrected chi connectivity index (χ1v) is 9.05. The highest BCUT2D eigenvalue weighted by molar-refractivity contribution is 5.94. The first-order valence-electron chi connectivity index (χ1n) is 9.05. The number of nitrogens with one attached hydrogen (secondary N) is 1. The number of pyridine rings is 1. The van der Waals surface area contributed by atoms with Gasteiger partial charge in [0.25, 0.3) is 5.91 Å². The van der Waals surface area contributed by atoms with E-state index in [2.05, 4.69) is 15.2 Å². The van der Waals surface area contributed by atoms with E-state index in [4.69, 9.17) is 0 Å². The van der Waals surface area contributed by atoms with E-state index < -0.39 is 0 Å². The highest BCUT2D eigenvalue weighted by Gasteiger charge is 2.21. The molecule has 2 heterocycles. The van der Waals surface area contributed by atoms with Gasteiger partial charge < -0.3 is 10.2 Å². The van der Waals surface area contributed by atoms with Crippen LogP contribution in [0.15, 0.2) is 48.8 Å². The summed E-state index contributed by atoms with van der Waals surface area (Å²) in [5.74, 6) is -0.378. The highest BCUT2D eigenvalue weighted by Crippen LogP contribution is 2.12. The number of hydrogen-bond donors (Lipinski definition) is 1. The molecule has 0 unspecified atom stereocenters. The molecule has 1 aromatic carbocycles. The largest absolute Gasteiger partial charge is 0.352 e. The third kappa shape index (κ3) is 5.34. The summed E-state index contributed by atoms with van der Waals surface area (Å²) < 4.78 is 13.7. The molecule has 27 heavy (non-hydrogen) atoms. The number of halogens is 1. The zero-order valence-corrected chi connectivity index (χ0v) is 15.1. The number of aromatic nitrogens is 1. The average Bonchev–Trinajstić information content (AvgIpc) is 2.71. The van der Waals surface area contributed by atoms with Crippen LogP contribution in [0, 0.1) is 5.82 Å². The van der Waals surface area contributed by atoms with Crippen molar-refractivity contribution in [3.8, 4) is 0 Å². The number of benzene rings is 1. The number of nitrogens with zero attached hydrogens (tertiary/aromatic N) is 3. The molecule has 1 fully saturated rings. The number of hydrogen-bond acceptors (Lipinski definition) is 4. The van der Waals surface area contributed by atoms with Gasteiger partial charge in [0.15, 0.2) is 0 Å². The van der Waals surface area contributed by atoms with Crippen molar-refractivity contribution in [3.63, 3.8) is 0 Å². The van der Waals surface area contributed by atoms with Crippen LogP contribution in [-0.4, -0.2) is 59.3 Å². The van der Waals surface area contributed by atoms with E-state index in [1.807, 2.05) is 6.07 Å². The lowest BCUT2D eigenvalue weighted by Gasteiger charge is -2.34. The van der Waals surface area contributed by atoms with Gasteiger partial charge in [-0.2, -0.15) is 0 Å². The van der Waals surface area contributed by atoms with Crippen molar-refractivity contribution < 1.29 is 14.0 Å². The van der Waals surface area contributed by atoms with Crippen molar-refractivity contribution in [2.45, 2.75) is 13.0 Å². The van der Waals surface area contributed by atoms with Crippen LogP contribution in [0.5, 0.6) is 0 Å². The second kappa shape index (κ2) is 9.23. The number of piperazine rings is 1. The van der Waals surface area contributed by atoms with Gasteiger partial charge in [0.05, 0.1) is 0 Å². The van der Waals surface area contributed by atoms with E-state index in [9.17, 15) is 14.0 Å². The lowest BCUT2D eigenvalue weighted by molar-refractivity contribution is -0.132. The SMILES string of the molecule is O=C(NCCC(=O)N1CCN(Cc2ccccc2F)CC1)c1ccncc1. The summed E-state index contributed by atoms with van der Waals surface area (Å²) in [6, 6.07) is 10.0. The number of rotatable bonds is 6. The lowest BCUT2D eigenvalue weighted by atomic mass is 10.2. The number of carbonyl (C=O) groups excluding carboxylic acids is 2. The predicted octanol–water partition coefficient (Wildman–Crippen LogP) is 1.68. The summed E-state index contributed by atoms with van der Waals surface area (Å²) in [7, 11) is 0. The zero-order chi connectivity index (χ0) is 19.1. The Balaban J connectivity index is 1.38. The second-order valence-electron chi connectivity index (χ2n) is 6.49. The van der Waals surface area contributed by atoms with Crippen molar-refractivity contribution in [1.29, 1.82) is 0 Å². The minimum absolute atomic E-state index is 0.0237. The minimum Gasteiger partial charge on any atom is -0.352 e. The van der Waals surface area contributed by atoms with E-state index in [-0.39, 0.29) is 24.1 Å². The molecule has 1 N–H and O–H groups in total. The van der Waals surface area contributed by atoms with Gasteiger partial charge in [-0.3, -0.25) is 19.5 Å². The molecule has 6 nitrogen and oxygen atoms in total. The van der Waals surface area contributed by atoms with Gasteiger partial charge in [-0.25, -0.2) is 4.39 Å². The Morgan fingerprint density at radius 2 is 1.74 bits per heavy atom. The summed E-state index contributed by atoms with van der Waals surface area (Å²) >= 11 is 0. The van der Waals surface area contributed by atoms with Crippen molar-refractivity contribution in [1.82, 2.24) is 20.1 Å². The van der Waals surface area contributed by atoms with Crippen molar-refractivity contribution in [2.75, 3.05) is 32.7 Å². The van der Waals surface area contributed by atoms with Crippen LogP contribution in [0.1, 0.15) is 22.3 Å². The Bertz CT molecular complexity index is 777. The quantitative estimate of drug-likeness (QED) is 0.840. The summed E-state index contributed by atoms with van der Waals surface area (Å²) in [6.45, 7) is 3.51.